The van der Waals surface area contributed by atoms with Crippen molar-refractivity contribution in [1.82, 2.24) is 0 Å². The van der Waals surface area contributed by atoms with Crippen LogP contribution in [0.15, 0.2) is 53.4 Å². The molecule has 2 rings (SSSR count). The second-order valence-electron chi connectivity index (χ2n) is 4.52. The Kier molecular flexibility index (Phi) is 3.90. The standard InChI is InChI=1S/C15H16O3S/c1-12-3-5-13(6-4-12)11-18-14-7-9-15(10-8-14)19(2,16)17/h3-10H,11H2,1-2H3. The van der Waals surface area contributed by atoms with Crippen LogP contribution in [0.2, 0.25) is 0 Å². The Hall–Kier alpha value is -1.81. The molecule has 0 atom stereocenters. The van der Waals surface area contributed by atoms with Crippen LogP contribution in [0.25, 0.3) is 0 Å². The molecule has 19 heavy (non-hydrogen) atoms. The van der Waals surface area contributed by atoms with Crippen molar-refractivity contribution in [2.24, 2.45) is 0 Å². The molecule has 3 nitrogen and oxygen atoms in total. The minimum atomic E-state index is -3.15. The molecule has 0 aliphatic heterocycles. The summed E-state index contributed by atoms with van der Waals surface area (Å²) in [6.07, 6.45) is 1.19. The quantitative estimate of drug-likeness (QED) is 0.862. The highest BCUT2D eigenvalue weighted by Gasteiger charge is 2.06. The van der Waals surface area contributed by atoms with Gasteiger partial charge in [0, 0.05) is 6.26 Å². The highest BCUT2D eigenvalue weighted by Crippen LogP contribution is 2.17. The van der Waals surface area contributed by atoms with E-state index in [9.17, 15) is 8.42 Å². The smallest absolute Gasteiger partial charge is 0.175 e. The highest BCUT2D eigenvalue weighted by molar-refractivity contribution is 7.90. The summed E-state index contributed by atoms with van der Waals surface area (Å²) in [7, 11) is -3.15. The van der Waals surface area contributed by atoms with Gasteiger partial charge in [0.2, 0.25) is 0 Å². The Morgan fingerprint density at radius 2 is 1.53 bits per heavy atom. The molecular formula is C15H16O3S. The number of hydrogen-bond donors (Lipinski definition) is 0. The lowest BCUT2D eigenvalue weighted by Gasteiger charge is -2.07. The molecule has 0 heterocycles. The first-order chi connectivity index (χ1) is 8.95. The Labute approximate surface area is 113 Å². The minimum absolute atomic E-state index is 0.301. The summed E-state index contributed by atoms with van der Waals surface area (Å²) in [6.45, 7) is 2.51. The zero-order valence-corrected chi connectivity index (χ0v) is 11.8. The molecule has 2 aromatic rings. The lowest BCUT2D eigenvalue weighted by atomic mass is 10.2. The number of aryl methyl sites for hydroxylation is 1. The van der Waals surface area contributed by atoms with Gasteiger partial charge in [-0.1, -0.05) is 29.8 Å². The average Bonchev–Trinajstić information content (AvgIpc) is 2.37. The van der Waals surface area contributed by atoms with Crippen molar-refractivity contribution in [2.75, 3.05) is 6.26 Å². The summed E-state index contributed by atoms with van der Waals surface area (Å²) in [4.78, 5) is 0.301. The molecule has 0 aliphatic carbocycles. The van der Waals surface area contributed by atoms with Crippen LogP contribution in [0.3, 0.4) is 0 Å². The Balaban J connectivity index is 2.02. The van der Waals surface area contributed by atoms with Gasteiger partial charge in [0.15, 0.2) is 9.84 Å². The van der Waals surface area contributed by atoms with Crippen LogP contribution in [0, 0.1) is 6.92 Å². The fourth-order valence-corrected chi connectivity index (χ4v) is 2.26. The summed E-state index contributed by atoms with van der Waals surface area (Å²) in [5.74, 6) is 0.660. The Bertz CT molecular complexity index is 641. The summed E-state index contributed by atoms with van der Waals surface area (Å²) in [5, 5.41) is 0. The van der Waals surface area contributed by atoms with E-state index in [1.54, 1.807) is 24.3 Å². The van der Waals surface area contributed by atoms with Crippen molar-refractivity contribution in [2.45, 2.75) is 18.4 Å². The fourth-order valence-electron chi connectivity index (χ4n) is 1.63. The third-order valence-electron chi connectivity index (χ3n) is 2.78. The van der Waals surface area contributed by atoms with E-state index >= 15 is 0 Å². The number of ether oxygens (including phenoxy) is 1. The summed E-state index contributed by atoms with van der Waals surface area (Å²) < 4.78 is 28.2. The molecule has 0 N–H and O–H groups in total. The zero-order chi connectivity index (χ0) is 13.9. The first-order valence-corrected chi connectivity index (χ1v) is 7.83. The first kappa shape index (κ1) is 13.6. The third kappa shape index (κ3) is 3.83. The molecule has 0 saturated heterocycles. The predicted octanol–water partition coefficient (Wildman–Crippen LogP) is 2.98. The lowest BCUT2D eigenvalue weighted by Crippen LogP contribution is -1.98. The fraction of sp³-hybridized carbons (Fsp3) is 0.200. The van der Waals surface area contributed by atoms with Crippen molar-refractivity contribution < 1.29 is 13.2 Å². The number of hydrogen-bond acceptors (Lipinski definition) is 3. The Morgan fingerprint density at radius 3 is 2.05 bits per heavy atom. The number of benzene rings is 2. The SMILES string of the molecule is Cc1ccc(COc2ccc(S(C)(=O)=O)cc2)cc1. The van der Waals surface area contributed by atoms with Crippen LogP contribution in [0.1, 0.15) is 11.1 Å². The van der Waals surface area contributed by atoms with Crippen LogP contribution in [0.5, 0.6) is 5.75 Å². The molecule has 0 spiro atoms. The van der Waals surface area contributed by atoms with Gasteiger partial charge in [-0.2, -0.15) is 0 Å². The number of sulfone groups is 1. The van der Waals surface area contributed by atoms with Gasteiger partial charge in [-0.25, -0.2) is 8.42 Å². The monoisotopic (exact) mass is 276 g/mol. The Morgan fingerprint density at radius 1 is 0.947 bits per heavy atom. The van der Waals surface area contributed by atoms with Gasteiger partial charge >= 0.3 is 0 Å². The van der Waals surface area contributed by atoms with Crippen molar-refractivity contribution in [1.29, 1.82) is 0 Å². The summed E-state index contributed by atoms with van der Waals surface area (Å²) >= 11 is 0. The van der Waals surface area contributed by atoms with Crippen LogP contribution in [-0.2, 0) is 16.4 Å². The molecule has 0 aliphatic rings. The molecule has 0 unspecified atom stereocenters. The van der Waals surface area contributed by atoms with Gasteiger partial charge in [-0.05, 0) is 36.8 Å². The van der Waals surface area contributed by atoms with E-state index in [1.807, 2.05) is 31.2 Å². The predicted molar refractivity (Wildman–Crippen MR) is 75.1 cm³/mol. The molecule has 2 aromatic carbocycles. The molecule has 100 valence electrons. The van der Waals surface area contributed by atoms with Gasteiger partial charge in [-0.3, -0.25) is 0 Å². The van der Waals surface area contributed by atoms with Crippen molar-refractivity contribution >= 4 is 9.84 Å². The lowest BCUT2D eigenvalue weighted by molar-refractivity contribution is 0.306. The molecule has 0 saturated carbocycles. The van der Waals surface area contributed by atoms with E-state index in [0.717, 1.165) is 5.56 Å². The largest absolute Gasteiger partial charge is 0.489 e. The van der Waals surface area contributed by atoms with Gasteiger partial charge in [0.1, 0.15) is 12.4 Å². The average molecular weight is 276 g/mol. The van der Waals surface area contributed by atoms with Crippen molar-refractivity contribution in [3.63, 3.8) is 0 Å². The summed E-state index contributed by atoms with van der Waals surface area (Å²) in [6, 6.07) is 14.5. The van der Waals surface area contributed by atoms with Gasteiger partial charge in [0.25, 0.3) is 0 Å². The molecule has 0 amide bonds. The maximum absolute atomic E-state index is 11.3. The van der Waals surface area contributed by atoms with Crippen LogP contribution in [0.4, 0.5) is 0 Å². The van der Waals surface area contributed by atoms with E-state index in [4.69, 9.17) is 4.74 Å². The van der Waals surface area contributed by atoms with Gasteiger partial charge in [-0.15, -0.1) is 0 Å². The zero-order valence-electron chi connectivity index (χ0n) is 11.0. The highest BCUT2D eigenvalue weighted by atomic mass is 32.2. The molecule has 4 heteroatoms. The first-order valence-electron chi connectivity index (χ1n) is 5.93. The van der Waals surface area contributed by atoms with Crippen LogP contribution >= 0.6 is 0 Å². The second kappa shape index (κ2) is 5.45. The molecule has 0 fully saturated rings. The maximum Gasteiger partial charge on any atom is 0.175 e. The maximum atomic E-state index is 11.3. The van der Waals surface area contributed by atoms with E-state index in [1.165, 1.54) is 11.8 Å². The molecular weight excluding hydrogens is 260 g/mol. The van der Waals surface area contributed by atoms with Gasteiger partial charge < -0.3 is 4.74 Å². The van der Waals surface area contributed by atoms with E-state index < -0.39 is 9.84 Å². The molecule has 0 aromatic heterocycles. The molecule has 0 bridgehead atoms. The minimum Gasteiger partial charge on any atom is -0.489 e. The van der Waals surface area contributed by atoms with E-state index in [-0.39, 0.29) is 0 Å². The van der Waals surface area contributed by atoms with Gasteiger partial charge in [0.05, 0.1) is 4.90 Å². The summed E-state index contributed by atoms with van der Waals surface area (Å²) in [5.41, 5.74) is 2.29. The second-order valence-corrected chi connectivity index (χ2v) is 6.53. The number of rotatable bonds is 4. The molecule has 0 radical (unpaired) electrons. The van der Waals surface area contributed by atoms with E-state index in [0.29, 0.717) is 17.3 Å². The van der Waals surface area contributed by atoms with Crippen LogP contribution < -0.4 is 4.74 Å². The normalized spacial score (nSPS) is 11.3. The topological polar surface area (TPSA) is 43.4 Å². The van der Waals surface area contributed by atoms with Crippen molar-refractivity contribution in [3.8, 4) is 5.75 Å². The van der Waals surface area contributed by atoms with Crippen LogP contribution in [-0.4, -0.2) is 14.7 Å². The van der Waals surface area contributed by atoms with Crippen molar-refractivity contribution in [3.05, 3.63) is 59.7 Å². The van der Waals surface area contributed by atoms with E-state index in [2.05, 4.69) is 0 Å². The third-order valence-corrected chi connectivity index (χ3v) is 3.91.